The fourth-order valence-electron chi connectivity index (χ4n) is 2.98. The number of carbonyl (C=O) groups is 2. The Hall–Kier alpha value is -1.88. The Labute approximate surface area is 138 Å². The Balaban J connectivity index is 2.22. The van der Waals surface area contributed by atoms with E-state index in [-0.39, 0.29) is 30.2 Å². The average molecular weight is 318 g/mol. The fourth-order valence-corrected chi connectivity index (χ4v) is 2.98. The van der Waals surface area contributed by atoms with Gasteiger partial charge in [0.25, 0.3) is 0 Å². The van der Waals surface area contributed by atoms with Gasteiger partial charge in [-0.3, -0.25) is 9.59 Å². The average Bonchev–Trinajstić information content (AvgIpc) is 2.88. The maximum Gasteiger partial charge on any atom is 0.226 e. The lowest BCUT2D eigenvalue weighted by atomic mass is 9.92. The van der Waals surface area contributed by atoms with Crippen LogP contribution in [0.4, 0.5) is 0 Å². The summed E-state index contributed by atoms with van der Waals surface area (Å²) in [6, 6.07) is 9.56. The van der Waals surface area contributed by atoms with Gasteiger partial charge in [-0.2, -0.15) is 0 Å². The minimum atomic E-state index is -0.347. The molecule has 0 spiro atoms. The number of benzene rings is 1. The number of ether oxygens (including phenoxy) is 1. The highest BCUT2D eigenvalue weighted by Crippen LogP contribution is 2.38. The molecule has 1 aliphatic heterocycles. The van der Waals surface area contributed by atoms with Crippen molar-refractivity contribution in [3.05, 3.63) is 35.9 Å². The van der Waals surface area contributed by atoms with Crippen molar-refractivity contribution in [2.75, 3.05) is 26.8 Å². The molecule has 1 saturated heterocycles. The molecule has 1 aliphatic rings. The first-order chi connectivity index (χ1) is 11.0. The van der Waals surface area contributed by atoms with Crippen molar-refractivity contribution in [2.45, 2.75) is 26.3 Å². The topological polar surface area (TPSA) is 58.6 Å². The predicted octanol–water partition coefficient (Wildman–Crippen LogP) is 1.99. The lowest BCUT2D eigenvalue weighted by Gasteiger charge is -2.28. The third-order valence-corrected chi connectivity index (χ3v) is 4.13. The zero-order chi connectivity index (χ0) is 16.8. The molecule has 2 atom stereocenters. The Morgan fingerprint density at radius 1 is 1.35 bits per heavy atom. The van der Waals surface area contributed by atoms with Crippen LogP contribution >= 0.6 is 0 Å². The number of nitrogens with zero attached hydrogens (tertiary/aromatic N) is 1. The summed E-state index contributed by atoms with van der Waals surface area (Å²) < 4.78 is 5.12. The minimum absolute atomic E-state index is 0.0144. The van der Waals surface area contributed by atoms with Crippen LogP contribution in [0.1, 0.15) is 31.9 Å². The first-order valence-corrected chi connectivity index (χ1v) is 8.15. The molecule has 5 heteroatoms. The largest absolute Gasteiger partial charge is 0.383 e. The van der Waals surface area contributed by atoms with Gasteiger partial charge >= 0.3 is 0 Å². The first-order valence-electron chi connectivity index (χ1n) is 8.15. The Bertz CT molecular complexity index is 530. The molecule has 0 aromatic heterocycles. The van der Waals surface area contributed by atoms with E-state index in [0.717, 1.165) is 5.56 Å². The van der Waals surface area contributed by atoms with Crippen LogP contribution in [0, 0.1) is 11.8 Å². The van der Waals surface area contributed by atoms with Gasteiger partial charge in [-0.25, -0.2) is 0 Å². The zero-order valence-electron chi connectivity index (χ0n) is 14.1. The quantitative estimate of drug-likeness (QED) is 0.836. The fraction of sp³-hybridized carbons (Fsp3) is 0.556. The van der Waals surface area contributed by atoms with E-state index in [1.807, 2.05) is 30.3 Å². The summed E-state index contributed by atoms with van der Waals surface area (Å²) in [6.45, 7) is 5.71. The number of rotatable bonds is 7. The van der Waals surface area contributed by atoms with E-state index in [4.69, 9.17) is 4.74 Å². The second kappa shape index (κ2) is 8.11. The molecule has 0 unspecified atom stereocenters. The van der Waals surface area contributed by atoms with Gasteiger partial charge in [0.15, 0.2) is 0 Å². The van der Waals surface area contributed by atoms with Gasteiger partial charge in [0.2, 0.25) is 11.8 Å². The number of methoxy groups -OCH3 is 1. The minimum Gasteiger partial charge on any atom is -0.383 e. The van der Waals surface area contributed by atoms with E-state index in [2.05, 4.69) is 19.2 Å². The Morgan fingerprint density at radius 3 is 2.65 bits per heavy atom. The maximum absolute atomic E-state index is 12.6. The van der Waals surface area contributed by atoms with Crippen LogP contribution in [0.5, 0.6) is 0 Å². The number of carbonyl (C=O) groups excluding carboxylic acids is 2. The van der Waals surface area contributed by atoms with Crippen LogP contribution in [0.3, 0.4) is 0 Å². The smallest absolute Gasteiger partial charge is 0.226 e. The third kappa shape index (κ3) is 4.32. The van der Waals surface area contributed by atoms with E-state index < -0.39 is 0 Å². The standard InChI is InChI=1S/C18H26N2O3/c1-13(2)12-19-18(22)15-11-16(21)20(9-10-23-3)17(15)14-7-5-4-6-8-14/h4-8,13,15,17H,9-12H2,1-3H3,(H,19,22)/t15-,17+/m1/s1. The van der Waals surface area contributed by atoms with Crippen molar-refractivity contribution in [1.82, 2.24) is 10.2 Å². The summed E-state index contributed by atoms with van der Waals surface area (Å²) in [6.07, 6.45) is 0.257. The second-order valence-corrected chi connectivity index (χ2v) is 6.39. The molecule has 0 bridgehead atoms. The lowest BCUT2D eigenvalue weighted by molar-refractivity contribution is -0.129. The highest BCUT2D eigenvalue weighted by atomic mass is 16.5. The summed E-state index contributed by atoms with van der Waals surface area (Å²) in [5.74, 6) is 0.0118. The van der Waals surface area contributed by atoms with Crippen LogP contribution in [0.25, 0.3) is 0 Å². The molecular weight excluding hydrogens is 292 g/mol. The monoisotopic (exact) mass is 318 g/mol. The molecule has 1 fully saturated rings. The molecule has 2 rings (SSSR count). The Kier molecular flexibility index (Phi) is 6.16. The molecule has 1 aromatic carbocycles. The third-order valence-electron chi connectivity index (χ3n) is 4.13. The van der Waals surface area contributed by atoms with Crippen molar-refractivity contribution in [1.29, 1.82) is 0 Å². The van der Waals surface area contributed by atoms with Gasteiger partial charge in [0.05, 0.1) is 18.6 Å². The van der Waals surface area contributed by atoms with Crippen molar-refractivity contribution in [3.8, 4) is 0 Å². The van der Waals surface area contributed by atoms with Crippen LogP contribution in [0.2, 0.25) is 0 Å². The Morgan fingerprint density at radius 2 is 2.04 bits per heavy atom. The summed E-state index contributed by atoms with van der Waals surface area (Å²) in [5.41, 5.74) is 0.999. The molecule has 23 heavy (non-hydrogen) atoms. The van der Waals surface area contributed by atoms with Crippen molar-refractivity contribution in [2.24, 2.45) is 11.8 Å². The molecule has 0 saturated carbocycles. The van der Waals surface area contributed by atoms with Gasteiger partial charge in [-0.1, -0.05) is 44.2 Å². The van der Waals surface area contributed by atoms with Crippen LogP contribution in [0.15, 0.2) is 30.3 Å². The highest BCUT2D eigenvalue weighted by Gasteiger charge is 2.44. The second-order valence-electron chi connectivity index (χ2n) is 6.39. The van der Waals surface area contributed by atoms with Gasteiger partial charge in [0, 0.05) is 26.6 Å². The molecule has 1 N–H and O–H groups in total. The van der Waals surface area contributed by atoms with Crippen molar-refractivity contribution < 1.29 is 14.3 Å². The van der Waals surface area contributed by atoms with E-state index >= 15 is 0 Å². The summed E-state index contributed by atoms with van der Waals surface area (Å²) in [4.78, 5) is 26.8. The van der Waals surface area contributed by atoms with Gasteiger partial charge in [-0.15, -0.1) is 0 Å². The SMILES string of the molecule is COCCN1C(=O)C[C@@H](C(=O)NCC(C)C)[C@@H]1c1ccccc1. The molecule has 2 amide bonds. The van der Waals surface area contributed by atoms with Gasteiger partial charge in [0.1, 0.15) is 0 Å². The molecule has 1 aromatic rings. The van der Waals surface area contributed by atoms with Crippen molar-refractivity contribution in [3.63, 3.8) is 0 Å². The highest BCUT2D eigenvalue weighted by molar-refractivity contribution is 5.90. The zero-order valence-corrected chi connectivity index (χ0v) is 14.1. The molecular formula is C18H26N2O3. The van der Waals surface area contributed by atoms with Crippen LogP contribution < -0.4 is 5.32 Å². The normalized spacial score (nSPS) is 21.0. The van der Waals surface area contributed by atoms with E-state index in [1.165, 1.54) is 0 Å². The van der Waals surface area contributed by atoms with Crippen LogP contribution in [-0.4, -0.2) is 43.5 Å². The number of likely N-dealkylation sites (tertiary alicyclic amines) is 1. The number of hydrogen-bond donors (Lipinski definition) is 1. The molecule has 5 nitrogen and oxygen atoms in total. The number of hydrogen-bond acceptors (Lipinski definition) is 3. The summed E-state index contributed by atoms with van der Waals surface area (Å²) in [5, 5.41) is 2.97. The number of amides is 2. The molecule has 0 radical (unpaired) electrons. The summed E-state index contributed by atoms with van der Waals surface area (Å²) in [7, 11) is 1.62. The lowest BCUT2D eigenvalue weighted by Crippen LogP contribution is -2.38. The molecule has 0 aliphatic carbocycles. The molecule has 126 valence electrons. The van der Waals surface area contributed by atoms with E-state index in [1.54, 1.807) is 12.0 Å². The van der Waals surface area contributed by atoms with E-state index in [9.17, 15) is 9.59 Å². The van der Waals surface area contributed by atoms with E-state index in [0.29, 0.717) is 25.6 Å². The summed E-state index contributed by atoms with van der Waals surface area (Å²) >= 11 is 0. The van der Waals surface area contributed by atoms with Gasteiger partial charge < -0.3 is 15.0 Å². The first kappa shape index (κ1) is 17.5. The predicted molar refractivity (Wildman–Crippen MR) is 88.7 cm³/mol. The van der Waals surface area contributed by atoms with Gasteiger partial charge in [-0.05, 0) is 11.5 Å². The van der Waals surface area contributed by atoms with Crippen molar-refractivity contribution >= 4 is 11.8 Å². The molecule has 1 heterocycles. The van der Waals surface area contributed by atoms with Crippen LogP contribution in [-0.2, 0) is 14.3 Å². The maximum atomic E-state index is 12.6. The number of nitrogens with one attached hydrogen (secondary N) is 1.